The first-order valence-electron chi connectivity index (χ1n) is 11.1. The Balaban J connectivity index is 1.53. The van der Waals surface area contributed by atoms with Crippen molar-refractivity contribution in [1.29, 1.82) is 0 Å². The SMILES string of the molecule is CCOc1ccc(C2NC(c3ccc(-c4cc(C)cc(C(=O)O)c4O)cc3)=CS2)cc1OCC. The average Bonchev–Trinajstić information content (AvgIpc) is 3.32. The number of hydrogen-bond donors (Lipinski definition) is 3. The number of carboxylic acid groups (broad SMARTS) is 1. The van der Waals surface area contributed by atoms with Crippen LogP contribution in [-0.4, -0.2) is 29.4 Å². The lowest BCUT2D eigenvalue weighted by molar-refractivity contribution is 0.0693. The summed E-state index contributed by atoms with van der Waals surface area (Å²) in [4.78, 5) is 11.4. The highest BCUT2D eigenvalue weighted by atomic mass is 32.2. The number of aromatic carboxylic acids is 1. The highest BCUT2D eigenvalue weighted by Gasteiger charge is 2.22. The molecule has 0 bridgehead atoms. The highest BCUT2D eigenvalue weighted by Crippen LogP contribution is 2.41. The van der Waals surface area contributed by atoms with E-state index in [2.05, 4.69) is 10.7 Å². The molecular weight excluding hydrogens is 450 g/mol. The predicted octanol–water partition coefficient (Wildman–Crippen LogP) is 6.20. The van der Waals surface area contributed by atoms with Crippen LogP contribution in [0.15, 0.2) is 60.0 Å². The van der Waals surface area contributed by atoms with E-state index in [0.29, 0.717) is 18.8 Å². The van der Waals surface area contributed by atoms with E-state index in [1.807, 2.05) is 63.2 Å². The van der Waals surface area contributed by atoms with Gasteiger partial charge in [0.2, 0.25) is 0 Å². The first-order valence-corrected chi connectivity index (χ1v) is 12.0. The van der Waals surface area contributed by atoms with Crippen molar-refractivity contribution in [1.82, 2.24) is 5.32 Å². The molecule has 0 radical (unpaired) electrons. The van der Waals surface area contributed by atoms with Crippen LogP contribution in [0.1, 0.15) is 46.3 Å². The molecule has 0 saturated carbocycles. The maximum atomic E-state index is 11.4. The number of carboxylic acids is 1. The number of phenols is 1. The van der Waals surface area contributed by atoms with E-state index in [9.17, 15) is 15.0 Å². The summed E-state index contributed by atoms with van der Waals surface area (Å²) in [6.07, 6.45) is 0. The maximum Gasteiger partial charge on any atom is 0.339 e. The van der Waals surface area contributed by atoms with Crippen molar-refractivity contribution < 1.29 is 24.5 Å². The van der Waals surface area contributed by atoms with Gasteiger partial charge in [0.25, 0.3) is 0 Å². The number of aromatic hydroxyl groups is 1. The summed E-state index contributed by atoms with van der Waals surface area (Å²) in [7, 11) is 0. The van der Waals surface area contributed by atoms with Crippen LogP contribution in [0.4, 0.5) is 0 Å². The molecule has 0 amide bonds. The molecule has 1 aliphatic rings. The van der Waals surface area contributed by atoms with E-state index in [0.717, 1.165) is 39.4 Å². The zero-order valence-corrected chi connectivity index (χ0v) is 20.1. The zero-order chi connectivity index (χ0) is 24.2. The standard InChI is InChI=1S/C27H27NO5S/c1-4-32-23-11-10-19(14-24(23)33-5-2)26-28-22(15-34-26)18-8-6-17(7-9-18)20-12-16(3)13-21(25(20)29)27(30)31/h6-15,26,28-29H,4-5H2,1-3H3,(H,30,31). The van der Waals surface area contributed by atoms with Gasteiger partial charge < -0.3 is 25.0 Å². The van der Waals surface area contributed by atoms with E-state index in [1.54, 1.807) is 17.8 Å². The van der Waals surface area contributed by atoms with Crippen molar-refractivity contribution in [2.45, 2.75) is 26.1 Å². The predicted molar refractivity (Wildman–Crippen MR) is 135 cm³/mol. The Morgan fingerprint density at radius 2 is 1.65 bits per heavy atom. The molecule has 0 aromatic heterocycles. The third kappa shape index (κ3) is 4.84. The van der Waals surface area contributed by atoms with Crippen LogP contribution in [0.3, 0.4) is 0 Å². The molecule has 0 aliphatic carbocycles. The Bertz CT molecular complexity index is 1240. The quantitative estimate of drug-likeness (QED) is 0.356. The van der Waals surface area contributed by atoms with Gasteiger partial charge in [-0.1, -0.05) is 30.3 Å². The summed E-state index contributed by atoms with van der Waals surface area (Å²) in [5.41, 5.74) is 5.01. The molecule has 0 fully saturated rings. The number of ether oxygens (including phenoxy) is 2. The summed E-state index contributed by atoms with van der Waals surface area (Å²) in [5.74, 6) is 0.107. The summed E-state index contributed by atoms with van der Waals surface area (Å²) in [5, 5.41) is 25.5. The molecule has 4 rings (SSSR count). The second-order valence-electron chi connectivity index (χ2n) is 7.86. The van der Waals surface area contributed by atoms with Crippen LogP contribution in [0, 0.1) is 6.92 Å². The lowest BCUT2D eigenvalue weighted by Gasteiger charge is -2.17. The van der Waals surface area contributed by atoms with Crippen molar-refractivity contribution in [3.63, 3.8) is 0 Å². The molecule has 7 heteroatoms. The van der Waals surface area contributed by atoms with Crippen molar-refractivity contribution in [2.24, 2.45) is 0 Å². The van der Waals surface area contributed by atoms with Crippen LogP contribution in [0.25, 0.3) is 16.8 Å². The minimum atomic E-state index is -1.15. The molecule has 3 aromatic carbocycles. The van der Waals surface area contributed by atoms with E-state index in [4.69, 9.17) is 9.47 Å². The van der Waals surface area contributed by atoms with Gasteiger partial charge in [0, 0.05) is 11.3 Å². The van der Waals surface area contributed by atoms with E-state index in [1.165, 1.54) is 6.07 Å². The van der Waals surface area contributed by atoms with Crippen LogP contribution >= 0.6 is 11.8 Å². The molecule has 0 spiro atoms. The minimum Gasteiger partial charge on any atom is -0.506 e. The Morgan fingerprint density at radius 3 is 2.32 bits per heavy atom. The van der Waals surface area contributed by atoms with Gasteiger partial charge in [-0.2, -0.15) is 0 Å². The van der Waals surface area contributed by atoms with Crippen LogP contribution < -0.4 is 14.8 Å². The third-order valence-corrected chi connectivity index (χ3v) is 6.50. The molecule has 3 N–H and O–H groups in total. The monoisotopic (exact) mass is 477 g/mol. The maximum absolute atomic E-state index is 11.4. The normalized spacial score (nSPS) is 14.9. The number of hydrogen-bond acceptors (Lipinski definition) is 6. The largest absolute Gasteiger partial charge is 0.506 e. The van der Waals surface area contributed by atoms with Gasteiger partial charge in [-0.15, -0.1) is 11.8 Å². The van der Waals surface area contributed by atoms with Gasteiger partial charge in [-0.3, -0.25) is 0 Å². The summed E-state index contributed by atoms with van der Waals surface area (Å²) >= 11 is 1.68. The van der Waals surface area contributed by atoms with Crippen LogP contribution in [-0.2, 0) is 0 Å². The van der Waals surface area contributed by atoms with E-state index < -0.39 is 5.97 Å². The van der Waals surface area contributed by atoms with Crippen molar-refractivity contribution in [3.05, 3.63) is 82.3 Å². The second-order valence-corrected chi connectivity index (χ2v) is 8.83. The summed E-state index contributed by atoms with van der Waals surface area (Å²) in [6, 6.07) is 17.0. The summed E-state index contributed by atoms with van der Waals surface area (Å²) in [6.45, 7) is 6.86. The first-order chi connectivity index (χ1) is 16.4. The van der Waals surface area contributed by atoms with Crippen LogP contribution in [0.5, 0.6) is 17.2 Å². The Kier molecular flexibility index (Phi) is 7.03. The summed E-state index contributed by atoms with van der Waals surface area (Å²) < 4.78 is 11.4. The first kappa shape index (κ1) is 23.6. The lowest BCUT2D eigenvalue weighted by Crippen LogP contribution is -2.12. The lowest BCUT2D eigenvalue weighted by atomic mass is 9.97. The number of nitrogens with one attached hydrogen (secondary N) is 1. The molecule has 1 unspecified atom stereocenters. The molecule has 6 nitrogen and oxygen atoms in total. The smallest absolute Gasteiger partial charge is 0.339 e. The van der Waals surface area contributed by atoms with Gasteiger partial charge in [0.1, 0.15) is 16.7 Å². The minimum absolute atomic E-state index is 0.0449. The Labute approximate surface area is 203 Å². The molecule has 34 heavy (non-hydrogen) atoms. The van der Waals surface area contributed by atoms with Crippen molar-refractivity contribution in [2.75, 3.05) is 13.2 Å². The molecular formula is C27H27NO5S. The van der Waals surface area contributed by atoms with Gasteiger partial charge in [-0.05, 0) is 72.7 Å². The number of benzene rings is 3. The molecule has 0 saturated heterocycles. The fourth-order valence-electron chi connectivity index (χ4n) is 3.88. The second kappa shape index (κ2) is 10.1. The molecule has 1 atom stereocenters. The number of aryl methyl sites for hydroxylation is 1. The number of rotatable bonds is 8. The molecule has 1 aliphatic heterocycles. The molecule has 3 aromatic rings. The fraction of sp³-hybridized carbons (Fsp3) is 0.222. The average molecular weight is 478 g/mol. The fourth-order valence-corrected chi connectivity index (χ4v) is 4.86. The topological polar surface area (TPSA) is 88.0 Å². The van der Waals surface area contributed by atoms with E-state index >= 15 is 0 Å². The van der Waals surface area contributed by atoms with Crippen LogP contribution in [0.2, 0.25) is 0 Å². The van der Waals surface area contributed by atoms with Gasteiger partial charge in [0.05, 0.1) is 13.2 Å². The van der Waals surface area contributed by atoms with Gasteiger partial charge in [-0.25, -0.2) is 4.79 Å². The van der Waals surface area contributed by atoms with E-state index in [-0.39, 0.29) is 16.7 Å². The van der Waals surface area contributed by atoms with Crippen molar-refractivity contribution >= 4 is 23.4 Å². The van der Waals surface area contributed by atoms with Gasteiger partial charge >= 0.3 is 5.97 Å². The third-order valence-electron chi connectivity index (χ3n) is 5.47. The zero-order valence-electron chi connectivity index (χ0n) is 19.3. The molecule has 176 valence electrons. The molecule has 1 heterocycles. The van der Waals surface area contributed by atoms with Gasteiger partial charge in [0.15, 0.2) is 11.5 Å². The Hall–Kier alpha value is -3.58. The number of thioether (sulfide) groups is 1. The Morgan fingerprint density at radius 1 is 0.971 bits per heavy atom. The van der Waals surface area contributed by atoms with Crippen molar-refractivity contribution in [3.8, 4) is 28.4 Å². The highest BCUT2D eigenvalue weighted by molar-refractivity contribution is 8.02. The number of carbonyl (C=O) groups is 1.